The summed E-state index contributed by atoms with van der Waals surface area (Å²) in [5.74, 6) is 1.96. The molecule has 1 aliphatic carbocycles. The van der Waals surface area contributed by atoms with E-state index in [-0.39, 0.29) is 0 Å². The first-order chi connectivity index (χ1) is 12.3. The normalized spacial score (nSPS) is 23.2. The molecule has 4 heterocycles. The number of aromatic nitrogens is 3. The van der Waals surface area contributed by atoms with E-state index in [1.807, 2.05) is 36.6 Å². The molecule has 0 radical (unpaired) electrons. The quantitative estimate of drug-likeness (QED) is 0.790. The van der Waals surface area contributed by atoms with Crippen LogP contribution < -0.4 is 4.72 Å². The fourth-order valence-electron chi connectivity index (χ4n) is 3.36. The predicted molar refractivity (Wildman–Crippen MR) is 103 cm³/mol. The first kappa shape index (κ1) is 15.6. The molecule has 2 aromatic heterocycles. The number of fused-ring (bicyclic) bond motifs is 1. The van der Waals surface area contributed by atoms with Gasteiger partial charge in [0.2, 0.25) is 0 Å². The molecule has 2 N–H and O–H groups in total. The zero-order chi connectivity index (χ0) is 16.8. The highest BCUT2D eigenvalue weighted by Gasteiger charge is 2.37. The number of aromatic amines is 1. The van der Waals surface area contributed by atoms with Crippen LogP contribution in [0.2, 0.25) is 0 Å². The van der Waals surface area contributed by atoms with Crippen molar-refractivity contribution in [2.75, 3.05) is 13.1 Å². The summed E-state index contributed by atoms with van der Waals surface area (Å²) in [7, 11) is 0. The lowest BCUT2D eigenvalue weighted by Crippen LogP contribution is -2.35. The fourth-order valence-corrected chi connectivity index (χ4v) is 4.93. The van der Waals surface area contributed by atoms with Gasteiger partial charge in [-0.15, -0.1) is 11.3 Å². The second kappa shape index (κ2) is 6.26. The van der Waals surface area contributed by atoms with Gasteiger partial charge >= 0.3 is 0 Å². The molecule has 2 fully saturated rings. The van der Waals surface area contributed by atoms with Gasteiger partial charge in [0, 0.05) is 47.1 Å². The SMILES string of the molecule is Cc1ncc(C2=C3CC(NSC4CC4)CN3C(c3nccs3)=NC2)[nH]1. The number of nitrogens with one attached hydrogen (secondary N) is 2. The minimum atomic E-state index is 0.447. The average Bonchev–Trinajstić information content (AvgIpc) is 3.03. The van der Waals surface area contributed by atoms with Crippen LogP contribution in [-0.2, 0) is 0 Å². The number of hydrogen-bond acceptors (Lipinski definition) is 7. The summed E-state index contributed by atoms with van der Waals surface area (Å²) in [6.07, 6.45) is 7.51. The highest BCUT2D eigenvalue weighted by atomic mass is 32.2. The molecule has 2 aromatic rings. The number of imidazole rings is 1. The Morgan fingerprint density at radius 3 is 3.00 bits per heavy atom. The monoisotopic (exact) mass is 372 g/mol. The van der Waals surface area contributed by atoms with Crippen molar-refractivity contribution >= 4 is 34.7 Å². The number of aryl methyl sites for hydroxylation is 1. The Morgan fingerprint density at radius 2 is 2.28 bits per heavy atom. The Hall–Kier alpha value is -1.64. The number of rotatable bonds is 5. The van der Waals surface area contributed by atoms with Gasteiger partial charge in [0.05, 0.1) is 18.4 Å². The van der Waals surface area contributed by atoms with E-state index in [1.54, 1.807) is 11.3 Å². The zero-order valence-electron chi connectivity index (χ0n) is 14.0. The van der Waals surface area contributed by atoms with Crippen LogP contribution in [0.1, 0.15) is 35.8 Å². The molecule has 6 nitrogen and oxygen atoms in total. The van der Waals surface area contributed by atoms with E-state index >= 15 is 0 Å². The fraction of sp³-hybridized carbons (Fsp3) is 0.471. The summed E-state index contributed by atoms with van der Waals surface area (Å²) in [6.45, 7) is 3.62. The van der Waals surface area contributed by atoms with Crippen LogP contribution in [-0.4, -0.2) is 50.1 Å². The molecule has 1 atom stereocenters. The molecule has 1 saturated heterocycles. The second-order valence-electron chi connectivity index (χ2n) is 6.73. The lowest BCUT2D eigenvalue weighted by Gasteiger charge is -2.27. The van der Waals surface area contributed by atoms with E-state index in [4.69, 9.17) is 4.99 Å². The van der Waals surface area contributed by atoms with Gasteiger partial charge in [0.1, 0.15) is 5.82 Å². The Morgan fingerprint density at radius 1 is 1.36 bits per heavy atom. The highest BCUT2D eigenvalue weighted by molar-refractivity contribution is 7.98. The van der Waals surface area contributed by atoms with Crippen molar-refractivity contribution in [3.8, 4) is 0 Å². The maximum atomic E-state index is 4.87. The van der Waals surface area contributed by atoms with E-state index in [0.717, 1.165) is 40.6 Å². The smallest absolute Gasteiger partial charge is 0.165 e. The predicted octanol–water partition coefficient (Wildman–Crippen LogP) is 2.82. The lowest BCUT2D eigenvalue weighted by molar-refractivity contribution is 0.545. The van der Waals surface area contributed by atoms with Crippen LogP contribution in [0.5, 0.6) is 0 Å². The van der Waals surface area contributed by atoms with Gasteiger partial charge in [-0.1, -0.05) is 11.9 Å². The Kier molecular flexibility index (Phi) is 3.91. The number of amidine groups is 1. The maximum Gasteiger partial charge on any atom is 0.165 e. The topological polar surface area (TPSA) is 69.2 Å². The molecule has 0 spiro atoms. The van der Waals surface area contributed by atoms with Crippen LogP contribution in [0.4, 0.5) is 0 Å². The molecule has 5 rings (SSSR count). The first-order valence-electron chi connectivity index (χ1n) is 8.65. The van der Waals surface area contributed by atoms with Crippen molar-refractivity contribution in [1.82, 2.24) is 24.6 Å². The standard InChI is InChI=1S/C17H20N6S2/c1-10-19-8-14(21-10)13-7-20-16(17-18-4-5-24-17)23-9-11(6-15(13)23)22-25-12-2-3-12/h4-5,8,11-12,22H,2-3,6-7,9H2,1H3,(H,19,21). The summed E-state index contributed by atoms with van der Waals surface area (Å²) in [5, 5.41) is 3.84. The number of aliphatic imine (C=N–C) groups is 1. The Bertz CT molecular complexity index is 833. The van der Waals surface area contributed by atoms with Crippen molar-refractivity contribution in [2.45, 2.75) is 37.5 Å². The van der Waals surface area contributed by atoms with Crippen molar-refractivity contribution in [3.63, 3.8) is 0 Å². The van der Waals surface area contributed by atoms with Crippen LogP contribution >= 0.6 is 23.3 Å². The molecule has 1 saturated carbocycles. The molecule has 3 aliphatic rings. The zero-order valence-corrected chi connectivity index (χ0v) is 15.7. The van der Waals surface area contributed by atoms with Crippen molar-refractivity contribution in [2.24, 2.45) is 4.99 Å². The molecule has 1 unspecified atom stereocenters. The number of nitrogens with zero attached hydrogens (tertiary/aromatic N) is 4. The van der Waals surface area contributed by atoms with Crippen LogP contribution in [0.3, 0.4) is 0 Å². The summed E-state index contributed by atoms with van der Waals surface area (Å²) in [4.78, 5) is 19.5. The van der Waals surface area contributed by atoms with Gasteiger partial charge in [-0.05, 0) is 19.8 Å². The molecule has 0 bridgehead atoms. The van der Waals surface area contributed by atoms with Gasteiger partial charge in [-0.3, -0.25) is 9.71 Å². The van der Waals surface area contributed by atoms with Crippen LogP contribution in [0, 0.1) is 6.92 Å². The van der Waals surface area contributed by atoms with E-state index in [2.05, 4.69) is 24.6 Å². The Labute approximate surface area is 155 Å². The Balaban J connectivity index is 1.46. The van der Waals surface area contributed by atoms with Crippen molar-refractivity contribution in [3.05, 3.63) is 40.0 Å². The highest BCUT2D eigenvalue weighted by Crippen LogP contribution is 2.37. The summed E-state index contributed by atoms with van der Waals surface area (Å²) in [6, 6.07) is 0.447. The number of thiazole rings is 1. The van der Waals surface area contributed by atoms with Gasteiger partial charge in [-0.25, -0.2) is 9.97 Å². The molecule has 2 aliphatic heterocycles. The molecular formula is C17H20N6S2. The average molecular weight is 373 g/mol. The van der Waals surface area contributed by atoms with Gasteiger partial charge in [0.15, 0.2) is 10.8 Å². The molecular weight excluding hydrogens is 352 g/mol. The van der Waals surface area contributed by atoms with E-state index in [0.29, 0.717) is 12.6 Å². The summed E-state index contributed by atoms with van der Waals surface area (Å²) in [5.41, 5.74) is 3.72. The lowest BCUT2D eigenvalue weighted by atomic mass is 10.1. The van der Waals surface area contributed by atoms with E-state index < -0.39 is 0 Å². The van der Waals surface area contributed by atoms with Gasteiger partial charge in [0.25, 0.3) is 0 Å². The third kappa shape index (κ3) is 3.02. The molecule has 25 heavy (non-hydrogen) atoms. The molecule has 0 amide bonds. The van der Waals surface area contributed by atoms with Crippen molar-refractivity contribution < 1.29 is 0 Å². The third-order valence-corrected chi connectivity index (χ3v) is 6.78. The van der Waals surface area contributed by atoms with Crippen LogP contribution in [0.25, 0.3) is 5.57 Å². The third-order valence-electron chi connectivity index (χ3n) is 4.74. The summed E-state index contributed by atoms with van der Waals surface area (Å²) >= 11 is 3.57. The van der Waals surface area contributed by atoms with Crippen molar-refractivity contribution in [1.29, 1.82) is 0 Å². The molecule has 0 aromatic carbocycles. The largest absolute Gasteiger partial charge is 0.342 e. The molecule has 8 heteroatoms. The number of H-pyrrole nitrogens is 1. The minimum Gasteiger partial charge on any atom is -0.342 e. The first-order valence-corrected chi connectivity index (χ1v) is 10.4. The molecule has 130 valence electrons. The minimum absolute atomic E-state index is 0.447. The summed E-state index contributed by atoms with van der Waals surface area (Å²) < 4.78 is 3.69. The van der Waals surface area contributed by atoms with Gasteiger partial charge < -0.3 is 9.88 Å². The van der Waals surface area contributed by atoms with Gasteiger partial charge in [-0.2, -0.15) is 0 Å². The van der Waals surface area contributed by atoms with E-state index in [9.17, 15) is 0 Å². The number of hydrogen-bond donors (Lipinski definition) is 2. The second-order valence-corrected chi connectivity index (χ2v) is 8.76. The maximum absolute atomic E-state index is 4.87. The van der Waals surface area contributed by atoms with Crippen LogP contribution in [0.15, 0.2) is 28.5 Å². The van der Waals surface area contributed by atoms with E-state index in [1.165, 1.54) is 24.1 Å².